The van der Waals surface area contributed by atoms with E-state index in [1.807, 2.05) is 43.3 Å². The molecular weight excluding hydrogens is 408 g/mol. The van der Waals surface area contributed by atoms with Crippen molar-refractivity contribution in [1.29, 1.82) is 0 Å². The lowest BCUT2D eigenvalue weighted by molar-refractivity contribution is -0.144. The molecule has 0 aliphatic carbocycles. The van der Waals surface area contributed by atoms with Crippen LogP contribution >= 0.6 is 0 Å². The molecule has 0 atom stereocenters. The number of para-hydroxylation sites is 2. The summed E-state index contributed by atoms with van der Waals surface area (Å²) < 4.78 is 8.42. The quantitative estimate of drug-likeness (QED) is 0.430. The number of rotatable bonds is 11. The van der Waals surface area contributed by atoms with Crippen LogP contribution in [-0.4, -0.2) is 44.0 Å². The third kappa shape index (κ3) is 5.63. The molecule has 0 spiro atoms. The van der Waals surface area contributed by atoms with Gasteiger partial charge in [-0.3, -0.25) is 23.7 Å². The fraction of sp³-hybridized carbons (Fsp3) is 0.417. The first-order chi connectivity index (χ1) is 15.5. The SMILES string of the molecule is CCCn1c(=O)n(CCC(=O)N(CCC(=O)OCC)Cc2cccnc2)c2ccccc21. The van der Waals surface area contributed by atoms with Crippen molar-refractivity contribution >= 4 is 22.9 Å². The molecule has 0 bridgehead atoms. The third-order valence-corrected chi connectivity index (χ3v) is 5.26. The van der Waals surface area contributed by atoms with Crippen LogP contribution in [0.4, 0.5) is 0 Å². The Bertz CT molecular complexity index is 1100. The van der Waals surface area contributed by atoms with Crippen molar-refractivity contribution in [2.45, 2.75) is 52.7 Å². The molecule has 0 saturated heterocycles. The highest BCUT2D eigenvalue weighted by Gasteiger charge is 2.18. The molecule has 2 heterocycles. The van der Waals surface area contributed by atoms with E-state index in [1.165, 1.54) is 0 Å². The van der Waals surface area contributed by atoms with Gasteiger partial charge in [0.25, 0.3) is 0 Å². The first-order valence-electron chi connectivity index (χ1n) is 11.1. The van der Waals surface area contributed by atoms with Gasteiger partial charge in [-0.15, -0.1) is 0 Å². The highest BCUT2D eigenvalue weighted by molar-refractivity contribution is 5.78. The second-order valence-corrected chi connectivity index (χ2v) is 7.56. The standard InChI is InChI=1S/C24H30N4O4/c1-3-14-27-20-9-5-6-10-21(20)28(24(27)31)16-11-22(29)26(15-12-23(30)32-4-2)18-19-8-7-13-25-17-19/h5-10,13,17H,3-4,11-12,14-16,18H2,1-2H3. The van der Waals surface area contributed by atoms with E-state index in [0.29, 0.717) is 19.7 Å². The van der Waals surface area contributed by atoms with Crippen molar-refractivity contribution in [2.24, 2.45) is 0 Å². The summed E-state index contributed by atoms with van der Waals surface area (Å²) in [6.45, 7) is 5.59. The smallest absolute Gasteiger partial charge is 0.329 e. The largest absolute Gasteiger partial charge is 0.466 e. The third-order valence-electron chi connectivity index (χ3n) is 5.26. The van der Waals surface area contributed by atoms with Crippen LogP contribution in [0.15, 0.2) is 53.6 Å². The molecular formula is C24H30N4O4. The number of amides is 1. The molecule has 0 aliphatic heterocycles. The number of aromatic nitrogens is 3. The van der Waals surface area contributed by atoms with Gasteiger partial charge in [0.2, 0.25) is 5.91 Å². The minimum atomic E-state index is -0.338. The summed E-state index contributed by atoms with van der Waals surface area (Å²) in [5, 5.41) is 0. The number of hydrogen-bond acceptors (Lipinski definition) is 5. The molecule has 8 nitrogen and oxygen atoms in total. The zero-order valence-corrected chi connectivity index (χ0v) is 18.7. The fourth-order valence-electron chi connectivity index (χ4n) is 3.76. The van der Waals surface area contributed by atoms with Gasteiger partial charge in [0.05, 0.1) is 24.1 Å². The summed E-state index contributed by atoms with van der Waals surface area (Å²) in [4.78, 5) is 43.6. The second kappa shape index (κ2) is 11.3. The summed E-state index contributed by atoms with van der Waals surface area (Å²) in [6, 6.07) is 11.3. The average molecular weight is 439 g/mol. The van der Waals surface area contributed by atoms with Crippen molar-refractivity contribution in [1.82, 2.24) is 19.0 Å². The van der Waals surface area contributed by atoms with E-state index < -0.39 is 0 Å². The number of imidazole rings is 1. The molecule has 1 aromatic carbocycles. The van der Waals surface area contributed by atoms with E-state index >= 15 is 0 Å². The van der Waals surface area contributed by atoms with Crippen molar-refractivity contribution in [2.75, 3.05) is 13.2 Å². The van der Waals surface area contributed by atoms with Gasteiger partial charge in [0, 0.05) is 45.0 Å². The second-order valence-electron chi connectivity index (χ2n) is 7.56. The van der Waals surface area contributed by atoms with Crippen LogP contribution in [0.5, 0.6) is 0 Å². The lowest BCUT2D eigenvalue weighted by Crippen LogP contribution is -2.34. The van der Waals surface area contributed by atoms with Crippen molar-refractivity contribution < 1.29 is 14.3 Å². The highest BCUT2D eigenvalue weighted by Crippen LogP contribution is 2.14. The van der Waals surface area contributed by atoms with Gasteiger partial charge in [0.1, 0.15) is 0 Å². The number of fused-ring (bicyclic) bond motifs is 1. The Hall–Kier alpha value is -3.42. The van der Waals surface area contributed by atoms with Crippen molar-refractivity contribution in [3.63, 3.8) is 0 Å². The van der Waals surface area contributed by atoms with Crippen LogP contribution < -0.4 is 5.69 Å². The number of hydrogen-bond donors (Lipinski definition) is 0. The lowest BCUT2D eigenvalue weighted by Gasteiger charge is -2.22. The average Bonchev–Trinajstić information content (AvgIpc) is 3.07. The van der Waals surface area contributed by atoms with E-state index in [-0.39, 0.29) is 43.5 Å². The Labute approximate surface area is 187 Å². The van der Waals surface area contributed by atoms with E-state index in [0.717, 1.165) is 23.0 Å². The Balaban J connectivity index is 1.76. The van der Waals surface area contributed by atoms with Gasteiger partial charge < -0.3 is 9.64 Å². The topological polar surface area (TPSA) is 86.4 Å². The predicted molar refractivity (Wildman–Crippen MR) is 122 cm³/mol. The number of nitrogens with zero attached hydrogens (tertiary/aromatic N) is 4. The summed E-state index contributed by atoms with van der Waals surface area (Å²) in [5.74, 6) is -0.465. The monoisotopic (exact) mass is 438 g/mol. The van der Waals surface area contributed by atoms with E-state index in [1.54, 1.807) is 33.4 Å². The molecule has 0 N–H and O–H groups in total. The predicted octanol–water partition coefficient (Wildman–Crippen LogP) is 2.98. The first-order valence-corrected chi connectivity index (χ1v) is 11.1. The van der Waals surface area contributed by atoms with Crippen LogP contribution in [0.1, 0.15) is 38.7 Å². The van der Waals surface area contributed by atoms with Crippen LogP contribution in [0.25, 0.3) is 11.0 Å². The first kappa shape index (κ1) is 23.2. The molecule has 170 valence electrons. The Morgan fingerprint density at radius 3 is 2.34 bits per heavy atom. The minimum absolute atomic E-state index is 0.105. The number of aryl methyl sites for hydroxylation is 2. The number of benzene rings is 1. The van der Waals surface area contributed by atoms with E-state index in [9.17, 15) is 14.4 Å². The van der Waals surface area contributed by atoms with Crippen LogP contribution in [-0.2, 0) is 34.0 Å². The summed E-state index contributed by atoms with van der Waals surface area (Å²) in [6.07, 6.45) is 4.50. The molecule has 32 heavy (non-hydrogen) atoms. The maximum absolute atomic E-state index is 13.1. The molecule has 0 aliphatic rings. The van der Waals surface area contributed by atoms with Crippen molar-refractivity contribution in [3.05, 3.63) is 64.8 Å². The number of ether oxygens (including phenoxy) is 1. The van der Waals surface area contributed by atoms with Crippen molar-refractivity contribution in [3.8, 4) is 0 Å². The van der Waals surface area contributed by atoms with Crippen LogP contribution in [0.3, 0.4) is 0 Å². The Kier molecular flexibility index (Phi) is 8.19. The lowest BCUT2D eigenvalue weighted by atomic mass is 10.2. The maximum Gasteiger partial charge on any atom is 0.329 e. The van der Waals surface area contributed by atoms with Gasteiger partial charge >= 0.3 is 11.7 Å². The zero-order valence-electron chi connectivity index (χ0n) is 18.7. The number of carbonyl (C=O) groups excluding carboxylic acids is 2. The molecule has 0 radical (unpaired) electrons. The minimum Gasteiger partial charge on any atom is -0.466 e. The molecule has 8 heteroatoms. The normalized spacial score (nSPS) is 10.9. The molecule has 0 unspecified atom stereocenters. The van der Waals surface area contributed by atoms with Gasteiger partial charge in [0.15, 0.2) is 0 Å². The van der Waals surface area contributed by atoms with E-state index in [2.05, 4.69) is 4.98 Å². The fourth-order valence-corrected chi connectivity index (χ4v) is 3.76. The summed E-state index contributed by atoms with van der Waals surface area (Å²) in [7, 11) is 0. The number of esters is 1. The number of carbonyl (C=O) groups is 2. The maximum atomic E-state index is 13.1. The molecule has 0 saturated carbocycles. The molecule has 0 fully saturated rings. The van der Waals surface area contributed by atoms with Gasteiger partial charge in [-0.05, 0) is 37.1 Å². The summed E-state index contributed by atoms with van der Waals surface area (Å²) >= 11 is 0. The molecule has 3 rings (SSSR count). The number of pyridine rings is 1. The zero-order chi connectivity index (χ0) is 22.9. The van der Waals surface area contributed by atoms with Gasteiger partial charge in [-0.25, -0.2) is 4.79 Å². The molecule has 1 amide bonds. The van der Waals surface area contributed by atoms with Gasteiger partial charge in [-0.2, -0.15) is 0 Å². The van der Waals surface area contributed by atoms with Gasteiger partial charge in [-0.1, -0.05) is 25.1 Å². The highest BCUT2D eigenvalue weighted by atomic mass is 16.5. The summed E-state index contributed by atoms with van der Waals surface area (Å²) in [5.41, 5.74) is 2.47. The molecule has 2 aromatic heterocycles. The Morgan fingerprint density at radius 2 is 1.72 bits per heavy atom. The Morgan fingerprint density at radius 1 is 1.00 bits per heavy atom. The van der Waals surface area contributed by atoms with Crippen LogP contribution in [0, 0.1) is 0 Å². The van der Waals surface area contributed by atoms with E-state index in [4.69, 9.17) is 4.74 Å². The van der Waals surface area contributed by atoms with Crippen LogP contribution in [0.2, 0.25) is 0 Å². The molecule has 3 aromatic rings.